The first kappa shape index (κ1) is 15.8. The molecule has 0 aliphatic heterocycles. The van der Waals surface area contributed by atoms with Crippen LogP contribution in [0.3, 0.4) is 0 Å². The lowest BCUT2D eigenvalue weighted by Gasteiger charge is -2.09. The van der Waals surface area contributed by atoms with Gasteiger partial charge >= 0.3 is 0 Å². The van der Waals surface area contributed by atoms with E-state index in [4.69, 9.17) is 10.6 Å². The van der Waals surface area contributed by atoms with Crippen LogP contribution in [0.1, 0.15) is 10.6 Å². The van der Waals surface area contributed by atoms with Crippen molar-refractivity contribution in [1.29, 1.82) is 0 Å². The second kappa shape index (κ2) is 6.97. The summed E-state index contributed by atoms with van der Waals surface area (Å²) in [6.45, 7) is 0. The van der Waals surface area contributed by atoms with Crippen molar-refractivity contribution in [1.82, 2.24) is 14.9 Å². The van der Waals surface area contributed by atoms with Gasteiger partial charge in [0.25, 0.3) is 5.56 Å². The number of benzene rings is 1. The molecule has 122 valence electrons. The number of hydrogen-bond donors (Lipinski definition) is 2. The van der Waals surface area contributed by atoms with E-state index in [1.807, 2.05) is 17.5 Å². The van der Waals surface area contributed by atoms with Gasteiger partial charge in [-0.2, -0.15) is 4.68 Å². The fourth-order valence-electron chi connectivity index (χ4n) is 1.95. The zero-order chi connectivity index (χ0) is 16.9. The van der Waals surface area contributed by atoms with Gasteiger partial charge < -0.3 is 15.9 Å². The molecule has 0 aliphatic carbocycles. The predicted octanol–water partition coefficient (Wildman–Crippen LogP) is 2.34. The van der Waals surface area contributed by atoms with Crippen LogP contribution in [-0.2, 0) is 0 Å². The summed E-state index contributed by atoms with van der Waals surface area (Å²) in [5.74, 6) is 6.70. The Hall–Kier alpha value is -3.13. The van der Waals surface area contributed by atoms with Gasteiger partial charge in [0.2, 0.25) is 5.95 Å². The van der Waals surface area contributed by atoms with Crippen LogP contribution in [0.4, 0.5) is 11.6 Å². The largest absolute Gasteiger partial charge is 0.497 e. The van der Waals surface area contributed by atoms with Crippen LogP contribution >= 0.6 is 11.3 Å². The quantitative estimate of drug-likeness (QED) is 0.692. The van der Waals surface area contributed by atoms with Crippen LogP contribution in [0, 0.1) is 0 Å². The normalized spacial score (nSPS) is 10.9. The number of ether oxygens (including phenoxy) is 1. The molecule has 0 radical (unpaired) electrons. The highest BCUT2D eigenvalue weighted by atomic mass is 32.1. The Morgan fingerprint density at radius 2 is 2.00 bits per heavy atom. The maximum Gasteiger partial charge on any atom is 0.299 e. The lowest BCUT2D eigenvalue weighted by Crippen LogP contribution is -2.32. The Labute approximate surface area is 142 Å². The van der Waals surface area contributed by atoms with Gasteiger partial charge in [0.1, 0.15) is 5.75 Å². The number of methoxy groups -OCH3 is 1. The number of hydrogen-bond acceptors (Lipinski definition) is 7. The molecule has 0 amide bonds. The topological polar surface area (TPSA) is 95.1 Å². The average molecular weight is 341 g/mol. The van der Waals surface area contributed by atoms with Gasteiger partial charge in [-0.05, 0) is 47.9 Å². The van der Waals surface area contributed by atoms with E-state index in [0.717, 1.165) is 15.3 Å². The number of aromatic nitrogens is 3. The molecule has 7 nitrogen and oxygen atoms in total. The van der Waals surface area contributed by atoms with Crippen LogP contribution in [0.15, 0.2) is 46.6 Å². The first-order valence-electron chi connectivity index (χ1n) is 7.05. The molecule has 1 aromatic carbocycles. The van der Waals surface area contributed by atoms with Crippen molar-refractivity contribution < 1.29 is 4.74 Å². The smallest absolute Gasteiger partial charge is 0.299 e. The summed E-state index contributed by atoms with van der Waals surface area (Å²) >= 11 is 1.56. The predicted molar refractivity (Wildman–Crippen MR) is 96.0 cm³/mol. The van der Waals surface area contributed by atoms with Crippen molar-refractivity contribution in [2.24, 2.45) is 0 Å². The SMILES string of the molecule is COc1ccc(Nc2nnc(/C=C\c3cccs3)c(=O)n2N)cc1. The monoisotopic (exact) mass is 341 g/mol. The zero-order valence-corrected chi connectivity index (χ0v) is 13.7. The Bertz CT molecular complexity index is 901. The minimum Gasteiger partial charge on any atom is -0.497 e. The van der Waals surface area contributed by atoms with Crippen molar-refractivity contribution in [2.75, 3.05) is 18.3 Å². The minimum atomic E-state index is -0.436. The lowest BCUT2D eigenvalue weighted by atomic mass is 10.3. The third-order valence-corrected chi connectivity index (χ3v) is 4.05. The highest BCUT2D eigenvalue weighted by Gasteiger charge is 2.08. The number of nitrogens with zero attached hydrogens (tertiary/aromatic N) is 3. The molecule has 0 saturated heterocycles. The van der Waals surface area contributed by atoms with E-state index in [-0.39, 0.29) is 11.6 Å². The van der Waals surface area contributed by atoms with Crippen molar-refractivity contribution in [3.63, 3.8) is 0 Å². The maximum atomic E-state index is 12.3. The van der Waals surface area contributed by atoms with Crippen LogP contribution in [0.5, 0.6) is 5.75 Å². The molecule has 0 bridgehead atoms. The standard InChI is InChI=1S/C16H15N5O2S/c1-23-12-6-4-11(5-7-12)18-16-20-19-14(15(22)21(16)17)9-8-13-3-2-10-24-13/h2-10H,17H2,1H3,(H,18,20)/b9-8-. The second-order valence-corrected chi connectivity index (χ2v) is 5.77. The van der Waals surface area contributed by atoms with Crippen LogP contribution in [-0.4, -0.2) is 22.0 Å². The number of rotatable bonds is 5. The number of nitrogens with one attached hydrogen (secondary N) is 1. The molecule has 2 heterocycles. The third-order valence-electron chi connectivity index (χ3n) is 3.21. The fourth-order valence-corrected chi connectivity index (χ4v) is 2.57. The molecule has 0 atom stereocenters. The van der Waals surface area contributed by atoms with Gasteiger partial charge in [0, 0.05) is 10.6 Å². The Morgan fingerprint density at radius 3 is 2.67 bits per heavy atom. The first-order chi connectivity index (χ1) is 11.7. The van der Waals surface area contributed by atoms with Crippen LogP contribution in [0.25, 0.3) is 12.2 Å². The number of nitrogens with two attached hydrogens (primary N) is 1. The number of thiophene rings is 1. The third kappa shape index (κ3) is 3.44. The molecule has 0 aliphatic rings. The van der Waals surface area contributed by atoms with Gasteiger partial charge in [0.05, 0.1) is 7.11 Å². The van der Waals surface area contributed by atoms with Gasteiger partial charge in [-0.25, -0.2) is 0 Å². The summed E-state index contributed by atoms with van der Waals surface area (Å²) in [5, 5.41) is 12.8. The fraction of sp³-hybridized carbons (Fsp3) is 0.0625. The van der Waals surface area contributed by atoms with Gasteiger partial charge in [-0.15, -0.1) is 21.5 Å². The van der Waals surface area contributed by atoms with E-state index in [9.17, 15) is 4.79 Å². The van der Waals surface area contributed by atoms with E-state index >= 15 is 0 Å². The molecule has 8 heteroatoms. The van der Waals surface area contributed by atoms with Crippen molar-refractivity contribution in [3.05, 3.63) is 62.7 Å². The lowest BCUT2D eigenvalue weighted by molar-refractivity contribution is 0.415. The molecule has 24 heavy (non-hydrogen) atoms. The van der Waals surface area contributed by atoms with Gasteiger partial charge in [-0.3, -0.25) is 4.79 Å². The highest BCUT2D eigenvalue weighted by Crippen LogP contribution is 2.17. The summed E-state index contributed by atoms with van der Waals surface area (Å²) in [5.41, 5.74) is 0.450. The molecule has 3 aromatic rings. The zero-order valence-electron chi connectivity index (χ0n) is 12.8. The van der Waals surface area contributed by atoms with Gasteiger partial charge in [-0.1, -0.05) is 6.07 Å². The van der Waals surface area contributed by atoms with E-state index in [1.54, 1.807) is 54.9 Å². The highest BCUT2D eigenvalue weighted by molar-refractivity contribution is 7.10. The molecule has 0 unspecified atom stereocenters. The van der Waals surface area contributed by atoms with Crippen molar-refractivity contribution in [3.8, 4) is 5.75 Å². The van der Waals surface area contributed by atoms with Crippen LogP contribution < -0.4 is 21.5 Å². The van der Waals surface area contributed by atoms with E-state index < -0.39 is 5.56 Å². The molecule has 3 rings (SSSR count). The first-order valence-corrected chi connectivity index (χ1v) is 7.93. The number of nitrogen functional groups attached to an aromatic ring is 1. The summed E-state index contributed by atoms with van der Waals surface area (Å²) in [4.78, 5) is 13.3. The van der Waals surface area contributed by atoms with E-state index in [0.29, 0.717) is 5.69 Å². The van der Waals surface area contributed by atoms with Crippen molar-refractivity contribution >= 4 is 35.1 Å². The molecule has 2 aromatic heterocycles. The molecule has 3 N–H and O–H groups in total. The molecule has 0 spiro atoms. The summed E-state index contributed by atoms with van der Waals surface area (Å²) < 4.78 is 6.03. The molecule has 0 saturated carbocycles. The molecular weight excluding hydrogens is 326 g/mol. The second-order valence-electron chi connectivity index (χ2n) is 4.79. The summed E-state index contributed by atoms with van der Waals surface area (Å²) in [6.07, 6.45) is 3.40. The Kier molecular flexibility index (Phi) is 4.57. The average Bonchev–Trinajstić information content (AvgIpc) is 3.12. The van der Waals surface area contributed by atoms with E-state index in [2.05, 4.69) is 15.5 Å². The number of anilines is 2. The summed E-state index contributed by atoms with van der Waals surface area (Å²) in [6, 6.07) is 11.0. The Balaban J connectivity index is 1.82. The van der Waals surface area contributed by atoms with Crippen LogP contribution in [0.2, 0.25) is 0 Å². The Morgan fingerprint density at radius 1 is 1.21 bits per heavy atom. The minimum absolute atomic E-state index is 0.151. The molecular formula is C16H15N5O2S. The maximum absolute atomic E-state index is 12.3. The van der Waals surface area contributed by atoms with E-state index in [1.165, 1.54) is 0 Å². The van der Waals surface area contributed by atoms with Gasteiger partial charge in [0.15, 0.2) is 5.69 Å². The molecule has 0 fully saturated rings. The van der Waals surface area contributed by atoms with Crippen molar-refractivity contribution in [2.45, 2.75) is 0 Å². The summed E-state index contributed by atoms with van der Waals surface area (Å²) in [7, 11) is 1.59.